The molecule has 268 valence electrons. The number of carbonyl (C=O) groups excluding carboxylic acids is 2. The number of methoxy groups -OCH3 is 2. The van der Waals surface area contributed by atoms with E-state index < -0.39 is 0 Å². The van der Waals surface area contributed by atoms with Gasteiger partial charge in [0.25, 0.3) is 0 Å². The normalized spacial score (nSPS) is 22.9. The van der Waals surface area contributed by atoms with Gasteiger partial charge in [0.1, 0.15) is 0 Å². The molecule has 0 amide bonds. The number of nitrogens with one attached hydrogen (secondary N) is 2. The Morgan fingerprint density at radius 1 is 0.688 bits per heavy atom. The molecule has 8 heteroatoms. The number of hydrogen-bond acceptors (Lipinski definition) is 8. The quantitative estimate of drug-likeness (QED) is 0.147. The third-order valence-corrected chi connectivity index (χ3v) is 10.2. The topological polar surface area (TPSA) is 129 Å². The van der Waals surface area contributed by atoms with Crippen LogP contribution in [0.1, 0.15) is 115 Å². The minimum Gasteiger partial charge on any atom is -0.469 e. The van der Waals surface area contributed by atoms with Gasteiger partial charge in [-0.3, -0.25) is 9.59 Å². The lowest BCUT2D eigenvalue weighted by Crippen LogP contribution is -2.35. The monoisotopic (exact) mass is 664 g/mol. The maximum absolute atomic E-state index is 11.3. The van der Waals surface area contributed by atoms with Crippen LogP contribution in [0.2, 0.25) is 0 Å². The van der Waals surface area contributed by atoms with E-state index in [2.05, 4.69) is 78.2 Å². The van der Waals surface area contributed by atoms with E-state index >= 15 is 0 Å². The lowest BCUT2D eigenvalue weighted by Gasteiger charge is -2.40. The first-order valence-corrected chi connectivity index (χ1v) is 17.8. The first-order valence-electron chi connectivity index (χ1n) is 17.8. The minimum atomic E-state index is -0.186. The number of rotatable bonds is 10. The molecule has 0 saturated heterocycles. The number of esters is 2. The summed E-state index contributed by atoms with van der Waals surface area (Å²) in [4.78, 5) is 22.7. The van der Waals surface area contributed by atoms with Crippen molar-refractivity contribution in [3.8, 4) is 0 Å². The van der Waals surface area contributed by atoms with Gasteiger partial charge in [-0.1, -0.05) is 41.5 Å². The van der Waals surface area contributed by atoms with E-state index in [0.717, 1.165) is 45.7 Å². The van der Waals surface area contributed by atoms with Crippen molar-refractivity contribution in [1.82, 2.24) is 0 Å². The first kappa shape index (κ1) is 39.0. The van der Waals surface area contributed by atoms with Gasteiger partial charge < -0.3 is 31.6 Å². The highest BCUT2D eigenvalue weighted by Crippen LogP contribution is 2.41. The Bertz CT molecular complexity index is 1300. The van der Waals surface area contributed by atoms with Gasteiger partial charge in [0, 0.05) is 24.9 Å². The summed E-state index contributed by atoms with van der Waals surface area (Å²) >= 11 is 0. The number of nitrogen functional groups attached to an aromatic ring is 2. The molecule has 0 aromatic heterocycles. The summed E-state index contributed by atoms with van der Waals surface area (Å²) in [6, 6.07) is 9.16. The number of aryl methyl sites for hydroxylation is 4. The van der Waals surface area contributed by atoms with Crippen LogP contribution < -0.4 is 22.1 Å². The number of carbonyl (C=O) groups is 2. The summed E-state index contributed by atoms with van der Waals surface area (Å²) in [5, 5.41) is 7.33. The molecular formula is C40H64N4O4. The summed E-state index contributed by atoms with van der Waals surface area (Å²) in [6.45, 7) is 18.2. The van der Waals surface area contributed by atoms with Crippen molar-refractivity contribution in [3.63, 3.8) is 0 Å². The molecule has 2 aromatic carbocycles. The predicted octanol–water partition coefficient (Wildman–Crippen LogP) is 8.62. The highest BCUT2D eigenvalue weighted by atomic mass is 16.5. The van der Waals surface area contributed by atoms with Crippen LogP contribution in [0.25, 0.3) is 0 Å². The van der Waals surface area contributed by atoms with Gasteiger partial charge in [0.2, 0.25) is 0 Å². The molecule has 2 aromatic rings. The van der Waals surface area contributed by atoms with E-state index in [9.17, 15) is 9.59 Å². The average Bonchev–Trinajstić information content (AvgIpc) is 2.97. The fourth-order valence-corrected chi connectivity index (χ4v) is 8.36. The van der Waals surface area contributed by atoms with Gasteiger partial charge in [-0.05, 0) is 134 Å². The second-order valence-electron chi connectivity index (χ2n) is 16.4. The SMILES string of the molecule is COC(=O)CCc1cc(N)c(N[C@@H]2C[C@H](C)CC(C)(C)C2)cc1C.COC(=O)CCc1cc(N)c(N[C@H]2C[C@@H](C)CC(C)(C)C2)cc1C. The lowest BCUT2D eigenvalue weighted by atomic mass is 9.70. The van der Waals surface area contributed by atoms with Gasteiger partial charge in [-0.15, -0.1) is 0 Å². The lowest BCUT2D eigenvalue weighted by molar-refractivity contribution is -0.141. The number of hydrogen-bond donors (Lipinski definition) is 4. The molecule has 0 unspecified atom stereocenters. The van der Waals surface area contributed by atoms with E-state index in [4.69, 9.17) is 20.9 Å². The van der Waals surface area contributed by atoms with Crippen molar-refractivity contribution in [2.45, 2.75) is 132 Å². The third-order valence-electron chi connectivity index (χ3n) is 10.2. The molecule has 0 aliphatic heterocycles. The zero-order chi connectivity index (χ0) is 35.8. The van der Waals surface area contributed by atoms with Crippen molar-refractivity contribution in [3.05, 3.63) is 46.5 Å². The van der Waals surface area contributed by atoms with Crippen molar-refractivity contribution in [1.29, 1.82) is 0 Å². The molecule has 2 fully saturated rings. The van der Waals surface area contributed by atoms with Crippen LogP contribution in [0, 0.1) is 36.5 Å². The largest absolute Gasteiger partial charge is 0.469 e. The number of anilines is 4. The maximum atomic E-state index is 11.3. The van der Waals surface area contributed by atoms with Gasteiger partial charge in [-0.25, -0.2) is 0 Å². The molecule has 4 atom stereocenters. The molecule has 0 spiro atoms. The van der Waals surface area contributed by atoms with Crippen LogP contribution in [-0.2, 0) is 31.9 Å². The molecule has 2 aliphatic rings. The van der Waals surface area contributed by atoms with Crippen LogP contribution >= 0.6 is 0 Å². The first-order chi connectivity index (χ1) is 22.4. The zero-order valence-corrected chi connectivity index (χ0v) is 31.5. The minimum absolute atomic E-state index is 0.186. The Morgan fingerprint density at radius 2 is 1.04 bits per heavy atom. The predicted molar refractivity (Wildman–Crippen MR) is 200 cm³/mol. The molecule has 2 aliphatic carbocycles. The Labute approximate surface area is 290 Å². The van der Waals surface area contributed by atoms with Gasteiger partial charge >= 0.3 is 11.9 Å². The summed E-state index contributed by atoms with van der Waals surface area (Å²) < 4.78 is 9.43. The summed E-state index contributed by atoms with van der Waals surface area (Å²) in [5.41, 5.74) is 21.4. The Balaban J connectivity index is 0.000000260. The molecule has 8 nitrogen and oxygen atoms in total. The second kappa shape index (κ2) is 16.8. The van der Waals surface area contributed by atoms with E-state index in [-0.39, 0.29) is 11.9 Å². The third kappa shape index (κ3) is 11.9. The fourth-order valence-electron chi connectivity index (χ4n) is 8.36. The summed E-state index contributed by atoms with van der Waals surface area (Å²) in [6.07, 6.45) is 9.37. The van der Waals surface area contributed by atoms with Crippen LogP contribution in [0.3, 0.4) is 0 Å². The van der Waals surface area contributed by atoms with Gasteiger partial charge in [0.05, 0.1) is 37.0 Å². The number of benzene rings is 2. The number of ether oxygens (including phenoxy) is 2. The molecule has 0 heterocycles. The molecule has 0 bridgehead atoms. The average molecular weight is 665 g/mol. The van der Waals surface area contributed by atoms with E-state index in [0.29, 0.717) is 48.6 Å². The van der Waals surface area contributed by atoms with Gasteiger partial charge in [0.15, 0.2) is 0 Å². The fraction of sp³-hybridized carbons (Fsp3) is 0.650. The number of nitrogens with two attached hydrogens (primary N) is 2. The Hall–Kier alpha value is -3.42. The van der Waals surface area contributed by atoms with Crippen molar-refractivity contribution in [2.24, 2.45) is 22.7 Å². The standard InChI is InChI=1S/2C20H32N2O2/c2*1-13-8-16(12-20(3,4)11-13)22-18-9-14(2)15(10-17(18)21)6-7-19(23)24-5/h2*9-10,13,16,22H,6-8,11-12,21H2,1-5H3/t2*13-,16+/m10/s1. The Morgan fingerprint density at radius 3 is 1.35 bits per heavy atom. The molecule has 6 N–H and O–H groups in total. The molecule has 2 saturated carbocycles. The highest BCUT2D eigenvalue weighted by Gasteiger charge is 2.33. The molecule has 0 radical (unpaired) electrons. The zero-order valence-electron chi connectivity index (χ0n) is 31.5. The van der Waals surface area contributed by atoms with Gasteiger partial charge in [-0.2, -0.15) is 0 Å². The Kier molecular flexibility index (Phi) is 13.7. The van der Waals surface area contributed by atoms with Crippen LogP contribution in [0.15, 0.2) is 24.3 Å². The van der Waals surface area contributed by atoms with Crippen molar-refractivity contribution >= 4 is 34.7 Å². The van der Waals surface area contributed by atoms with E-state index in [1.807, 2.05) is 12.1 Å². The smallest absolute Gasteiger partial charge is 0.305 e. The van der Waals surface area contributed by atoms with Crippen LogP contribution in [-0.4, -0.2) is 38.2 Å². The van der Waals surface area contributed by atoms with Crippen molar-refractivity contribution < 1.29 is 19.1 Å². The molecular weight excluding hydrogens is 600 g/mol. The second-order valence-corrected chi connectivity index (χ2v) is 16.4. The highest BCUT2D eigenvalue weighted by molar-refractivity contribution is 5.72. The molecule has 4 rings (SSSR count). The van der Waals surface area contributed by atoms with E-state index in [1.54, 1.807) is 0 Å². The molecule has 48 heavy (non-hydrogen) atoms. The van der Waals surface area contributed by atoms with Crippen LogP contribution in [0.5, 0.6) is 0 Å². The van der Waals surface area contributed by atoms with Crippen LogP contribution in [0.4, 0.5) is 22.7 Å². The maximum Gasteiger partial charge on any atom is 0.305 e. The summed E-state index contributed by atoms with van der Waals surface area (Å²) in [5.74, 6) is 1.09. The van der Waals surface area contributed by atoms with Crippen molar-refractivity contribution in [2.75, 3.05) is 36.3 Å². The van der Waals surface area contributed by atoms with E-state index in [1.165, 1.54) is 63.9 Å². The summed E-state index contributed by atoms with van der Waals surface area (Å²) in [7, 11) is 2.84.